The number of nitrogens with zero attached hydrogens (tertiary/aromatic N) is 1. The van der Waals surface area contributed by atoms with Crippen LogP contribution in [0.1, 0.15) is 23.2 Å². The number of piperidine rings is 1. The minimum Gasteiger partial charge on any atom is -0.497 e. The van der Waals surface area contributed by atoms with Crippen LogP contribution < -0.4 is 10.1 Å². The number of carbonyl (C=O) groups excluding carboxylic acids is 1. The molecule has 5 heteroatoms. The van der Waals surface area contributed by atoms with E-state index < -0.39 is 0 Å². The van der Waals surface area contributed by atoms with Gasteiger partial charge in [-0.1, -0.05) is 22.0 Å². The molecule has 1 amide bonds. The van der Waals surface area contributed by atoms with Crippen molar-refractivity contribution >= 4 is 27.5 Å². The van der Waals surface area contributed by atoms with Crippen LogP contribution in [0.4, 0.5) is 5.69 Å². The van der Waals surface area contributed by atoms with E-state index in [4.69, 9.17) is 4.74 Å². The van der Waals surface area contributed by atoms with Crippen molar-refractivity contribution in [1.29, 1.82) is 0 Å². The zero-order chi connectivity index (χ0) is 16.9. The van der Waals surface area contributed by atoms with E-state index in [1.54, 1.807) is 7.11 Å². The van der Waals surface area contributed by atoms with E-state index >= 15 is 0 Å². The van der Waals surface area contributed by atoms with Crippen molar-refractivity contribution in [1.82, 2.24) is 4.90 Å². The summed E-state index contributed by atoms with van der Waals surface area (Å²) in [6, 6.07) is 15.9. The summed E-state index contributed by atoms with van der Waals surface area (Å²) in [5, 5.41) is 3.54. The molecule has 4 nitrogen and oxygen atoms in total. The molecule has 3 rings (SSSR count). The average Bonchev–Trinajstić information content (AvgIpc) is 2.62. The van der Waals surface area contributed by atoms with E-state index in [1.165, 1.54) is 0 Å². The van der Waals surface area contributed by atoms with Crippen LogP contribution in [0.15, 0.2) is 53.0 Å². The number of methoxy groups -OCH3 is 1. The molecule has 1 fully saturated rings. The van der Waals surface area contributed by atoms with E-state index in [0.29, 0.717) is 6.04 Å². The molecule has 126 valence electrons. The van der Waals surface area contributed by atoms with Gasteiger partial charge in [-0.25, -0.2) is 0 Å². The second-order valence-corrected chi connectivity index (χ2v) is 6.87. The van der Waals surface area contributed by atoms with Gasteiger partial charge >= 0.3 is 0 Å². The van der Waals surface area contributed by atoms with Gasteiger partial charge in [0, 0.05) is 40.9 Å². The monoisotopic (exact) mass is 388 g/mol. The van der Waals surface area contributed by atoms with Gasteiger partial charge in [-0.3, -0.25) is 4.79 Å². The van der Waals surface area contributed by atoms with Crippen molar-refractivity contribution in [2.24, 2.45) is 0 Å². The van der Waals surface area contributed by atoms with Crippen molar-refractivity contribution in [3.05, 3.63) is 58.6 Å². The molecule has 0 aliphatic carbocycles. The Bertz CT molecular complexity index is 695. The van der Waals surface area contributed by atoms with Gasteiger partial charge in [-0.15, -0.1) is 0 Å². The number of carbonyl (C=O) groups is 1. The van der Waals surface area contributed by atoms with Gasteiger partial charge in [-0.2, -0.15) is 0 Å². The molecule has 0 bridgehead atoms. The summed E-state index contributed by atoms with van der Waals surface area (Å²) >= 11 is 3.40. The first-order valence-electron chi connectivity index (χ1n) is 8.11. The maximum atomic E-state index is 12.5. The standard InChI is InChI=1S/C19H21BrN2O2/c1-24-18-4-2-3-17(13-18)21-16-9-11-22(12-10-16)19(23)14-5-7-15(20)8-6-14/h2-8,13,16,21H,9-12H2,1H3. The van der Waals surface area contributed by atoms with Gasteiger partial charge < -0.3 is 15.0 Å². The van der Waals surface area contributed by atoms with Gasteiger partial charge in [0.05, 0.1) is 7.11 Å². The predicted octanol–water partition coefficient (Wildman–Crippen LogP) is 4.17. The maximum Gasteiger partial charge on any atom is 0.253 e. The van der Waals surface area contributed by atoms with Crippen LogP contribution in [0.5, 0.6) is 5.75 Å². The number of rotatable bonds is 4. The smallest absolute Gasteiger partial charge is 0.253 e. The Morgan fingerprint density at radius 3 is 2.54 bits per heavy atom. The van der Waals surface area contributed by atoms with Crippen molar-refractivity contribution in [3.8, 4) is 5.75 Å². The number of hydrogen-bond acceptors (Lipinski definition) is 3. The summed E-state index contributed by atoms with van der Waals surface area (Å²) in [5.74, 6) is 0.963. The predicted molar refractivity (Wildman–Crippen MR) is 99.7 cm³/mol. The quantitative estimate of drug-likeness (QED) is 0.853. The van der Waals surface area contributed by atoms with E-state index in [-0.39, 0.29) is 5.91 Å². The molecule has 0 radical (unpaired) electrons. The summed E-state index contributed by atoms with van der Waals surface area (Å²) in [7, 11) is 1.67. The molecule has 1 aliphatic heterocycles. The first-order chi connectivity index (χ1) is 11.7. The molecular weight excluding hydrogens is 368 g/mol. The molecule has 1 saturated heterocycles. The average molecular weight is 389 g/mol. The van der Waals surface area contributed by atoms with E-state index in [0.717, 1.165) is 47.4 Å². The molecule has 2 aromatic rings. The molecule has 1 N–H and O–H groups in total. The van der Waals surface area contributed by atoms with Crippen molar-refractivity contribution < 1.29 is 9.53 Å². The van der Waals surface area contributed by atoms with E-state index in [9.17, 15) is 4.79 Å². The fraction of sp³-hybridized carbons (Fsp3) is 0.316. The topological polar surface area (TPSA) is 41.6 Å². The molecule has 0 atom stereocenters. The van der Waals surface area contributed by atoms with Crippen LogP contribution in [0, 0.1) is 0 Å². The Balaban J connectivity index is 1.55. The Morgan fingerprint density at radius 2 is 1.88 bits per heavy atom. The Morgan fingerprint density at radius 1 is 1.17 bits per heavy atom. The lowest BCUT2D eigenvalue weighted by Crippen LogP contribution is -2.42. The summed E-state index contributed by atoms with van der Waals surface area (Å²) < 4.78 is 6.24. The number of benzene rings is 2. The Kier molecular flexibility index (Phi) is 5.41. The molecule has 0 unspecified atom stereocenters. The molecule has 0 aromatic heterocycles. The first-order valence-corrected chi connectivity index (χ1v) is 8.90. The lowest BCUT2D eigenvalue weighted by atomic mass is 10.0. The van der Waals surface area contributed by atoms with Crippen LogP contribution in [0.25, 0.3) is 0 Å². The lowest BCUT2D eigenvalue weighted by molar-refractivity contribution is 0.0718. The number of nitrogens with one attached hydrogen (secondary N) is 1. The van der Waals surface area contributed by atoms with Crippen molar-refractivity contribution in [2.45, 2.75) is 18.9 Å². The number of likely N-dealkylation sites (tertiary alicyclic amines) is 1. The molecule has 2 aromatic carbocycles. The fourth-order valence-corrected chi connectivity index (χ4v) is 3.21. The Labute approximate surface area is 150 Å². The molecule has 0 saturated carbocycles. The van der Waals surface area contributed by atoms with Crippen LogP contribution in [-0.4, -0.2) is 37.0 Å². The summed E-state index contributed by atoms with van der Waals surface area (Å²) in [6.07, 6.45) is 1.89. The maximum absolute atomic E-state index is 12.5. The normalized spacial score (nSPS) is 15.2. The van der Waals surface area contributed by atoms with Gasteiger partial charge in [0.15, 0.2) is 0 Å². The van der Waals surface area contributed by atoms with Crippen LogP contribution in [-0.2, 0) is 0 Å². The van der Waals surface area contributed by atoms with Crippen molar-refractivity contribution in [3.63, 3.8) is 0 Å². The molecule has 0 spiro atoms. The van der Waals surface area contributed by atoms with Gasteiger partial charge in [0.1, 0.15) is 5.75 Å². The second kappa shape index (κ2) is 7.71. The van der Waals surface area contributed by atoms with Crippen LogP contribution >= 0.6 is 15.9 Å². The zero-order valence-corrected chi connectivity index (χ0v) is 15.3. The molecule has 1 heterocycles. The van der Waals surface area contributed by atoms with Gasteiger partial charge in [0.25, 0.3) is 5.91 Å². The minimum absolute atomic E-state index is 0.113. The SMILES string of the molecule is COc1cccc(NC2CCN(C(=O)c3ccc(Br)cc3)CC2)c1. The summed E-state index contributed by atoms with van der Waals surface area (Å²) in [4.78, 5) is 14.5. The van der Waals surface area contributed by atoms with Crippen LogP contribution in [0.2, 0.25) is 0 Å². The van der Waals surface area contributed by atoms with Gasteiger partial charge in [0.2, 0.25) is 0 Å². The second-order valence-electron chi connectivity index (χ2n) is 5.95. The number of ether oxygens (including phenoxy) is 1. The first kappa shape index (κ1) is 16.8. The zero-order valence-electron chi connectivity index (χ0n) is 13.7. The third-order valence-corrected chi connectivity index (χ3v) is 4.84. The van der Waals surface area contributed by atoms with Crippen LogP contribution in [0.3, 0.4) is 0 Å². The van der Waals surface area contributed by atoms with E-state index in [1.807, 2.05) is 53.4 Å². The fourth-order valence-electron chi connectivity index (χ4n) is 2.95. The molecular formula is C19H21BrN2O2. The number of halogens is 1. The molecule has 24 heavy (non-hydrogen) atoms. The number of anilines is 1. The third-order valence-electron chi connectivity index (χ3n) is 4.31. The highest BCUT2D eigenvalue weighted by Gasteiger charge is 2.23. The summed E-state index contributed by atoms with van der Waals surface area (Å²) in [5.41, 5.74) is 1.81. The highest BCUT2D eigenvalue weighted by Crippen LogP contribution is 2.22. The third kappa shape index (κ3) is 4.09. The van der Waals surface area contributed by atoms with E-state index in [2.05, 4.69) is 21.2 Å². The largest absolute Gasteiger partial charge is 0.497 e. The number of amides is 1. The van der Waals surface area contributed by atoms with Gasteiger partial charge in [-0.05, 0) is 49.2 Å². The summed E-state index contributed by atoms with van der Waals surface area (Å²) in [6.45, 7) is 1.55. The molecule has 1 aliphatic rings. The minimum atomic E-state index is 0.113. The highest BCUT2D eigenvalue weighted by atomic mass is 79.9. The number of hydrogen-bond donors (Lipinski definition) is 1. The lowest BCUT2D eigenvalue weighted by Gasteiger charge is -2.33. The van der Waals surface area contributed by atoms with Crippen molar-refractivity contribution in [2.75, 3.05) is 25.5 Å². The highest BCUT2D eigenvalue weighted by molar-refractivity contribution is 9.10. The Hall–Kier alpha value is -2.01.